The van der Waals surface area contributed by atoms with E-state index in [4.69, 9.17) is 18.9 Å². The molecule has 184 valence electrons. The molecule has 36 heavy (non-hydrogen) atoms. The fraction of sp³-hybridized carbons (Fsp3) is 0.214. The second kappa shape index (κ2) is 9.30. The lowest BCUT2D eigenvalue weighted by Gasteiger charge is -2.26. The van der Waals surface area contributed by atoms with Crippen molar-refractivity contribution in [2.24, 2.45) is 0 Å². The number of anilines is 1. The van der Waals surface area contributed by atoms with Gasteiger partial charge in [0, 0.05) is 17.3 Å². The zero-order valence-electron chi connectivity index (χ0n) is 20.1. The minimum atomic E-state index is -0.904. The molecule has 0 saturated carbocycles. The van der Waals surface area contributed by atoms with E-state index in [1.54, 1.807) is 66.7 Å². The van der Waals surface area contributed by atoms with Crippen molar-refractivity contribution in [1.29, 1.82) is 0 Å². The lowest BCUT2D eigenvalue weighted by atomic mass is 9.94. The highest BCUT2D eigenvalue weighted by Crippen LogP contribution is 2.44. The number of nitrogens with zero attached hydrogens (tertiary/aromatic N) is 1. The number of hydrogen-bond acceptors (Lipinski definition) is 7. The first-order chi connectivity index (χ1) is 17.4. The number of aliphatic hydroxyl groups is 1. The number of ether oxygens (including phenoxy) is 4. The Bertz CT molecular complexity index is 1380. The van der Waals surface area contributed by atoms with Crippen LogP contribution in [0.3, 0.4) is 0 Å². The van der Waals surface area contributed by atoms with E-state index in [1.165, 1.54) is 12.0 Å². The first-order valence-electron chi connectivity index (χ1n) is 11.5. The van der Waals surface area contributed by atoms with Crippen LogP contribution in [-0.4, -0.2) is 36.8 Å². The summed E-state index contributed by atoms with van der Waals surface area (Å²) in [6.45, 7) is 3.89. The van der Waals surface area contributed by atoms with Crippen molar-refractivity contribution in [3.8, 4) is 23.0 Å². The van der Waals surface area contributed by atoms with Crippen LogP contribution in [0, 0.1) is 0 Å². The number of amides is 1. The molecule has 0 aromatic heterocycles. The Morgan fingerprint density at radius 2 is 1.72 bits per heavy atom. The number of Topliss-reactive ketones (excluding diaryl/α,β-unsaturated/α-hetero) is 1. The van der Waals surface area contributed by atoms with Crippen LogP contribution in [0.1, 0.15) is 31.0 Å². The van der Waals surface area contributed by atoms with Gasteiger partial charge in [-0.25, -0.2) is 0 Å². The highest BCUT2D eigenvalue weighted by atomic mass is 16.7. The summed E-state index contributed by atoms with van der Waals surface area (Å²) in [5, 5.41) is 11.4. The van der Waals surface area contributed by atoms with Crippen LogP contribution < -0.4 is 23.8 Å². The highest BCUT2D eigenvalue weighted by molar-refractivity contribution is 6.51. The van der Waals surface area contributed by atoms with E-state index >= 15 is 0 Å². The largest absolute Gasteiger partial charge is 0.507 e. The quantitative estimate of drug-likeness (QED) is 0.302. The molecule has 3 aromatic rings. The monoisotopic (exact) mass is 487 g/mol. The lowest BCUT2D eigenvalue weighted by Crippen LogP contribution is -2.29. The number of rotatable bonds is 6. The smallest absolute Gasteiger partial charge is 0.300 e. The molecule has 0 aliphatic carbocycles. The summed E-state index contributed by atoms with van der Waals surface area (Å²) in [7, 11) is 1.52. The summed E-state index contributed by atoms with van der Waals surface area (Å²) in [4.78, 5) is 28.2. The molecule has 8 heteroatoms. The van der Waals surface area contributed by atoms with Gasteiger partial charge in [0.15, 0.2) is 11.5 Å². The predicted octanol–water partition coefficient (Wildman–Crippen LogP) is 4.84. The second-order valence-electron chi connectivity index (χ2n) is 8.68. The van der Waals surface area contributed by atoms with E-state index in [0.717, 1.165) is 0 Å². The third-order valence-corrected chi connectivity index (χ3v) is 5.97. The average molecular weight is 488 g/mol. The first-order valence-corrected chi connectivity index (χ1v) is 11.5. The van der Waals surface area contributed by atoms with Gasteiger partial charge in [0.25, 0.3) is 11.7 Å². The molecule has 5 rings (SSSR count). The van der Waals surface area contributed by atoms with E-state index in [-0.39, 0.29) is 24.2 Å². The van der Waals surface area contributed by atoms with Crippen molar-refractivity contribution in [2.75, 3.05) is 18.8 Å². The van der Waals surface area contributed by atoms with E-state index < -0.39 is 17.7 Å². The molecule has 0 spiro atoms. The maximum absolute atomic E-state index is 13.4. The van der Waals surface area contributed by atoms with Crippen LogP contribution in [0.25, 0.3) is 5.76 Å². The van der Waals surface area contributed by atoms with E-state index in [0.29, 0.717) is 39.8 Å². The van der Waals surface area contributed by atoms with Gasteiger partial charge in [-0.2, -0.15) is 0 Å². The SMILES string of the molecule is COc1cccc(N2C(=O)C(=O)/C(=C(\O)c3ccc4c(c3)OCO4)C2c2cccc(OC(C)C)c2)c1. The van der Waals surface area contributed by atoms with Crippen molar-refractivity contribution in [3.05, 3.63) is 83.4 Å². The molecule has 0 bridgehead atoms. The molecular weight excluding hydrogens is 462 g/mol. The number of ketones is 1. The molecule has 1 unspecified atom stereocenters. The molecule has 1 fully saturated rings. The Hall–Kier alpha value is -4.46. The molecule has 1 N–H and O–H groups in total. The van der Waals surface area contributed by atoms with Gasteiger partial charge >= 0.3 is 0 Å². The number of aliphatic hydroxyl groups excluding tert-OH is 1. The van der Waals surface area contributed by atoms with Gasteiger partial charge in [-0.3, -0.25) is 14.5 Å². The summed E-state index contributed by atoms with van der Waals surface area (Å²) >= 11 is 0. The Balaban J connectivity index is 1.69. The normalized spacial score (nSPS) is 18.1. The van der Waals surface area contributed by atoms with Gasteiger partial charge in [0.1, 0.15) is 17.3 Å². The van der Waals surface area contributed by atoms with Crippen molar-refractivity contribution >= 4 is 23.1 Å². The van der Waals surface area contributed by atoms with Crippen LogP contribution >= 0.6 is 0 Å². The summed E-state index contributed by atoms with van der Waals surface area (Å²) in [6.07, 6.45) is -0.0707. The number of methoxy groups -OCH3 is 1. The molecule has 3 aromatic carbocycles. The molecule has 1 saturated heterocycles. The summed E-state index contributed by atoms with van der Waals surface area (Å²) in [6, 6.07) is 18.0. The third kappa shape index (κ3) is 4.11. The number of benzene rings is 3. The van der Waals surface area contributed by atoms with Crippen LogP contribution in [-0.2, 0) is 9.59 Å². The maximum Gasteiger partial charge on any atom is 0.300 e. The van der Waals surface area contributed by atoms with Crippen molar-refractivity contribution in [2.45, 2.75) is 26.0 Å². The first kappa shape index (κ1) is 23.3. The zero-order chi connectivity index (χ0) is 25.4. The fourth-order valence-corrected chi connectivity index (χ4v) is 4.40. The van der Waals surface area contributed by atoms with Crippen molar-refractivity contribution in [1.82, 2.24) is 0 Å². The Morgan fingerprint density at radius 3 is 2.50 bits per heavy atom. The number of carbonyl (C=O) groups is 2. The van der Waals surface area contributed by atoms with Gasteiger partial charge < -0.3 is 24.1 Å². The molecule has 2 aliphatic heterocycles. The number of hydrogen-bond donors (Lipinski definition) is 1. The van der Waals surface area contributed by atoms with Crippen LogP contribution in [0.4, 0.5) is 5.69 Å². The highest BCUT2D eigenvalue weighted by Gasteiger charge is 2.47. The summed E-state index contributed by atoms with van der Waals surface area (Å²) < 4.78 is 22.0. The number of carbonyl (C=O) groups excluding carboxylic acids is 2. The molecule has 0 radical (unpaired) electrons. The summed E-state index contributed by atoms with van der Waals surface area (Å²) in [5.74, 6) is 0.238. The topological polar surface area (TPSA) is 94.5 Å². The van der Waals surface area contributed by atoms with Gasteiger partial charge in [-0.15, -0.1) is 0 Å². The van der Waals surface area contributed by atoms with Crippen LogP contribution in [0.15, 0.2) is 72.3 Å². The molecule has 2 aliphatic rings. The van der Waals surface area contributed by atoms with Gasteiger partial charge in [-0.05, 0) is 61.9 Å². The standard InChI is InChI=1S/C28H25NO7/c1-16(2)36-21-9-4-6-17(12-21)25-24(26(30)18-10-11-22-23(13-18)35-15-34-22)27(31)28(32)29(25)19-7-5-8-20(14-19)33-3/h4-14,16,25,30H,15H2,1-3H3/b26-24-. The minimum absolute atomic E-state index is 0.0385. The molecular formula is C28H25NO7. The van der Waals surface area contributed by atoms with Crippen molar-refractivity contribution < 1.29 is 33.6 Å². The van der Waals surface area contributed by atoms with E-state index in [2.05, 4.69) is 0 Å². The Kier molecular flexibility index (Phi) is 6.01. The number of fused-ring (bicyclic) bond motifs is 1. The van der Waals surface area contributed by atoms with Gasteiger partial charge in [0.2, 0.25) is 6.79 Å². The molecule has 8 nitrogen and oxygen atoms in total. The van der Waals surface area contributed by atoms with Crippen LogP contribution in [0.2, 0.25) is 0 Å². The zero-order valence-corrected chi connectivity index (χ0v) is 20.1. The average Bonchev–Trinajstić information content (AvgIpc) is 3.45. The van der Waals surface area contributed by atoms with Crippen LogP contribution in [0.5, 0.6) is 23.0 Å². The third-order valence-electron chi connectivity index (χ3n) is 5.97. The maximum atomic E-state index is 13.4. The molecule has 1 atom stereocenters. The van der Waals surface area contributed by atoms with Gasteiger partial charge in [-0.1, -0.05) is 18.2 Å². The van der Waals surface area contributed by atoms with E-state index in [9.17, 15) is 14.7 Å². The molecule has 2 heterocycles. The van der Waals surface area contributed by atoms with E-state index in [1.807, 2.05) is 13.8 Å². The Morgan fingerprint density at radius 1 is 0.972 bits per heavy atom. The molecule has 1 amide bonds. The second-order valence-corrected chi connectivity index (χ2v) is 8.68. The minimum Gasteiger partial charge on any atom is -0.507 e. The van der Waals surface area contributed by atoms with Crippen molar-refractivity contribution in [3.63, 3.8) is 0 Å². The summed E-state index contributed by atoms with van der Waals surface area (Å²) in [5.41, 5.74) is 1.37. The Labute approximate surface area is 208 Å². The van der Waals surface area contributed by atoms with Gasteiger partial charge in [0.05, 0.1) is 24.8 Å². The lowest BCUT2D eigenvalue weighted by molar-refractivity contribution is -0.132. The fourth-order valence-electron chi connectivity index (χ4n) is 4.40. The predicted molar refractivity (Wildman–Crippen MR) is 133 cm³/mol.